The Labute approximate surface area is 114 Å². The first-order valence-corrected chi connectivity index (χ1v) is 6.93. The van der Waals surface area contributed by atoms with Gasteiger partial charge in [0.05, 0.1) is 11.7 Å². The first-order valence-electron chi connectivity index (χ1n) is 6.93. The highest BCUT2D eigenvalue weighted by molar-refractivity contribution is 5.72. The second-order valence-corrected chi connectivity index (χ2v) is 5.76. The van der Waals surface area contributed by atoms with Crippen molar-refractivity contribution in [3.8, 4) is 0 Å². The molecule has 2 atom stereocenters. The summed E-state index contributed by atoms with van der Waals surface area (Å²) < 4.78 is 2.11. The molecule has 1 N–H and O–H groups in total. The molecule has 0 radical (unpaired) electrons. The number of carboxylic acids is 1. The molecule has 0 aliphatic carbocycles. The number of likely N-dealkylation sites (tertiary alicyclic amines) is 1. The fraction of sp³-hybridized carbons (Fsp3) is 0.714. The van der Waals surface area contributed by atoms with Gasteiger partial charge in [-0.15, -0.1) is 0 Å². The number of nitrogens with zero attached hydrogens (tertiary/aromatic N) is 3. The number of carboxylic acid groups (broad SMARTS) is 1. The van der Waals surface area contributed by atoms with Crippen LogP contribution in [0.3, 0.4) is 0 Å². The summed E-state index contributed by atoms with van der Waals surface area (Å²) in [5.74, 6) is -0.312. The molecule has 1 aliphatic rings. The van der Waals surface area contributed by atoms with Crippen molar-refractivity contribution in [1.82, 2.24) is 14.7 Å². The summed E-state index contributed by atoms with van der Waals surface area (Å²) in [6.07, 6.45) is 0.971. The standard InChI is InChI=1S/C14H23N3O2/c1-9(2)13-7-10(3)15-17(13)12-5-6-16(8-12)11(4)14(18)19/h7,9,11-12H,5-6,8H2,1-4H3,(H,18,19). The van der Waals surface area contributed by atoms with Crippen LogP contribution in [0.5, 0.6) is 0 Å². The van der Waals surface area contributed by atoms with E-state index in [0.29, 0.717) is 12.0 Å². The third-order valence-corrected chi connectivity index (χ3v) is 3.92. The zero-order valence-corrected chi connectivity index (χ0v) is 12.1. The maximum absolute atomic E-state index is 11.0. The number of rotatable bonds is 4. The molecule has 1 aliphatic heterocycles. The minimum absolute atomic E-state index is 0.299. The Bertz CT molecular complexity index is 467. The van der Waals surface area contributed by atoms with E-state index in [1.54, 1.807) is 6.92 Å². The first-order chi connectivity index (χ1) is 8.90. The van der Waals surface area contributed by atoms with Gasteiger partial charge in [-0.3, -0.25) is 14.4 Å². The Morgan fingerprint density at radius 2 is 2.16 bits per heavy atom. The fourth-order valence-electron chi connectivity index (χ4n) is 2.74. The highest BCUT2D eigenvalue weighted by Crippen LogP contribution is 2.27. The van der Waals surface area contributed by atoms with Gasteiger partial charge in [0.15, 0.2) is 0 Å². The van der Waals surface area contributed by atoms with Crippen LogP contribution in [0.25, 0.3) is 0 Å². The number of aryl methyl sites for hydroxylation is 1. The highest BCUT2D eigenvalue weighted by atomic mass is 16.4. The smallest absolute Gasteiger partial charge is 0.320 e. The van der Waals surface area contributed by atoms with Crippen LogP contribution in [0.15, 0.2) is 6.07 Å². The van der Waals surface area contributed by atoms with Crippen LogP contribution in [0.1, 0.15) is 50.5 Å². The molecule has 5 heteroatoms. The molecule has 5 nitrogen and oxygen atoms in total. The summed E-state index contributed by atoms with van der Waals surface area (Å²) in [5.41, 5.74) is 2.28. The molecule has 19 heavy (non-hydrogen) atoms. The minimum atomic E-state index is -0.749. The molecule has 0 amide bonds. The summed E-state index contributed by atoms with van der Waals surface area (Å²) in [6, 6.07) is 2.02. The summed E-state index contributed by atoms with van der Waals surface area (Å²) in [7, 11) is 0. The molecule has 2 unspecified atom stereocenters. The van der Waals surface area contributed by atoms with Crippen molar-refractivity contribution in [2.75, 3.05) is 13.1 Å². The number of aliphatic carboxylic acids is 1. The van der Waals surface area contributed by atoms with Crippen molar-refractivity contribution in [1.29, 1.82) is 0 Å². The Morgan fingerprint density at radius 1 is 1.47 bits per heavy atom. The van der Waals surface area contributed by atoms with Crippen LogP contribution < -0.4 is 0 Å². The number of aromatic nitrogens is 2. The molecule has 106 valence electrons. The van der Waals surface area contributed by atoms with Gasteiger partial charge in [-0.05, 0) is 32.3 Å². The van der Waals surface area contributed by atoms with Gasteiger partial charge in [0.1, 0.15) is 6.04 Å². The van der Waals surface area contributed by atoms with Crippen LogP contribution in [-0.2, 0) is 4.79 Å². The van der Waals surface area contributed by atoms with Crippen LogP contribution in [-0.4, -0.2) is 44.9 Å². The van der Waals surface area contributed by atoms with Gasteiger partial charge in [0.25, 0.3) is 0 Å². The van der Waals surface area contributed by atoms with E-state index in [4.69, 9.17) is 5.11 Å². The van der Waals surface area contributed by atoms with Crippen molar-refractivity contribution in [3.63, 3.8) is 0 Å². The van der Waals surface area contributed by atoms with Gasteiger partial charge in [-0.2, -0.15) is 5.10 Å². The lowest BCUT2D eigenvalue weighted by Crippen LogP contribution is -2.37. The molecule has 1 aromatic heterocycles. The van der Waals surface area contributed by atoms with Crippen LogP contribution in [0.4, 0.5) is 0 Å². The largest absolute Gasteiger partial charge is 0.480 e. The molecular weight excluding hydrogens is 242 g/mol. The second kappa shape index (κ2) is 5.33. The van der Waals surface area contributed by atoms with E-state index >= 15 is 0 Å². The van der Waals surface area contributed by atoms with E-state index < -0.39 is 12.0 Å². The maximum atomic E-state index is 11.0. The topological polar surface area (TPSA) is 58.4 Å². The van der Waals surface area contributed by atoms with Gasteiger partial charge < -0.3 is 5.11 Å². The lowest BCUT2D eigenvalue weighted by molar-refractivity contribution is -0.142. The van der Waals surface area contributed by atoms with E-state index in [1.807, 2.05) is 11.8 Å². The van der Waals surface area contributed by atoms with Crippen LogP contribution in [0.2, 0.25) is 0 Å². The Hall–Kier alpha value is -1.36. The van der Waals surface area contributed by atoms with Gasteiger partial charge >= 0.3 is 5.97 Å². The van der Waals surface area contributed by atoms with E-state index in [1.165, 1.54) is 5.69 Å². The van der Waals surface area contributed by atoms with Crippen LogP contribution in [0, 0.1) is 6.92 Å². The molecule has 2 rings (SSSR count). The van der Waals surface area contributed by atoms with Crippen molar-refractivity contribution < 1.29 is 9.90 Å². The van der Waals surface area contributed by atoms with Crippen molar-refractivity contribution in [2.24, 2.45) is 0 Å². The summed E-state index contributed by atoms with van der Waals surface area (Å²) in [6.45, 7) is 9.69. The summed E-state index contributed by atoms with van der Waals surface area (Å²) in [5, 5.41) is 13.7. The lowest BCUT2D eigenvalue weighted by atomic mass is 10.1. The Balaban J connectivity index is 2.15. The molecule has 1 fully saturated rings. The van der Waals surface area contributed by atoms with Gasteiger partial charge in [-0.1, -0.05) is 13.8 Å². The van der Waals surface area contributed by atoms with Crippen LogP contribution >= 0.6 is 0 Å². The molecule has 1 saturated heterocycles. The second-order valence-electron chi connectivity index (χ2n) is 5.76. The zero-order chi connectivity index (χ0) is 14.2. The number of carbonyl (C=O) groups is 1. The normalized spacial score (nSPS) is 22.1. The van der Waals surface area contributed by atoms with Crippen molar-refractivity contribution in [2.45, 2.75) is 52.1 Å². The summed E-state index contributed by atoms with van der Waals surface area (Å²) in [4.78, 5) is 13.1. The molecular formula is C14H23N3O2. The molecule has 0 spiro atoms. The quantitative estimate of drug-likeness (QED) is 0.905. The van der Waals surface area contributed by atoms with Gasteiger partial charge in [-0.25, -0.2) is 0 Å². The maximum Gasteiger partial charge on any atom is 0.320 e. The average molecular weight is 265 g/mol. The third-order valence-electron chi connectivity index (χ3n) is 3.92. The average Bonchev–Trinajstić information content (AvgIpc) is 2.93. The molecule has 0 saturated carbocycles. The third kappa shape index (κ3) is 2.81. The minimum Gasteiger partial charge on any atom is -0.480 e. The number of hydrogen-bond donors (Lipinski definition) is 1. The summed E-state index contributed by atoms with van der Waals surface area (Å²) >= 11 is 0. The molecule has 0 bridgehead atoms. The van der Waals surface area contributed by atoms with Gasteiger partial charge in [0, 0.05) is 18.8 Å². The van der Waals surface area contributed by atoms with E-state index in [2.05, 4.69) is 29.7 Å². The van der Waals surface area contributed by atoms with E-state index in [9.17, 15) is 4.79 Å². The first kappa shape index (κ1) is 14.1. The highest BCUT2D eigenvalue weighted by Gasteiger charge is 2.31. The van der Waals surface area contributed by atoms with Crippen molar-refractivity contribution in [3.05, 3.63) is 17.5 Å². The zero-order valence-electron chi connectivity index (χ0n) is 12.1. The SMILES string of the molecule is Cc1cc(C(C)C)n(C2CCN(C(C)C(=O)O)C2)n1. The Morgan fingerprint density at radius 3 is 2.74 bits per heavy atom. The van der Waals surface area contributed by atoms with Crippen molar-refractivity contribution >= 4 is 5.97 Å². The van der Waals surface area contributed by atoms with Gasteiger partial charge in [0.2, 0.25) is 0 Å². The Kier molecular flexibility index (Phi) is 3.94. The number of hydrogen-bond acceptors (Lipinski definition) is 3. The predicted molar refractivity (Wildman–Crippen MR) is 73.4 cm³/mol. The monoisotopic (exact) mass is 265 g/mol. The van der Waals surface area contributed by atoms with E-state index in [-0.39, 0.29) is 0 Å². The molecule has 1 aromatic rings. The fourth-order valence-corrected chi connectivity index (χ4v) is 2.74. The lowest BCUT2D eigenvalue weighted by Gasteiger charge is -2.21. The predicted octanol–water partition coefficient (Wildman–Crippen LogP) is 2.03. The molecule has 0 aromatic carbocycles. The van der Waals surface area contributed by atoms with E-state index in [0.717, 1.165) is 25.2 Å². The molecule has 2 heterocycles.